The van der Waals surface area contributed by atoms with Gasteiger partial charge in [0.15, 0.2) is 0 Å². The molecule has 1 fully saturated rings. The molecule has 1 N–H and O–H groups in total. The zero-order chi connectivity index (χ0) is 27.2. The first-order chi connectivity index (χ1) is 19.0. The smallest absolute Gasteiger partial charge is 0.343 e. The fraction of sp³-hybridized carbons (Fsp3) is 0.281. The molecule has 1 saturated heterocycles. The number of aliphatic hydroxyl groups is 1. The van der Waals surface area contributed by atoms with E-state index in [0.717, 1.165) is 54.0 Å². The number of hydrogen-bond donors (Lipinski definition) is 1. The van der Waals surface area contributed by atoms with Crippen LogP contribution in [0.3, 0.4) is 0 Å². The molecule has 8 heteroatoms. The van der Waals surface area contributed by atoms with E-state index >= 15 is 0 Å². The third-order valence-electron chi connectivity index (χ3n) is 7.04. The zero-order valence-corrected chi connectivity index (χ0v) is 23.6. The van der Waals surface area contributed by atoms with Gasteiger partial charge in [-0.25, -0.2) is 4.79 Å². The van der Waals surface area contributed by atoms with Crippen LogP contribution in [0.4, 0.5) is 5.69 Å². The lowest BCUT2D eigenvalue weighted by molar-refractivity contribution is 0.0665. The average Bonchev–Trinajstić information content (AvgIpc) is 2.97. The number of carbonyl (C=O) groups excluding carboxylic acids is 1. The second kappa shape index (κ2) is 13.5. The summed E-state index contributed by atoms with van der Waals surface area (Å²) in [6, 6.07) is 26.5. The van der Waals surface area contributed by atoms with Gasteiger partial charge >= 0.3 is 5.97 Å². The Bertz CT molecular complexity index is 1420. The lowest BCUT2D eigenvalue weighted by Crippen LogP contribution is -2.49. The van der Waals surface area contributed by atoms with Gasteiger partial charge in [-0.2, -0.15) is 0 Å². The predicted molar refractivity (Wildman–Crippen MR) is 160 cm³/mol. The lowest BCUT2D eigenvalue weighted by Gasteiger charge is -2.37. The SMILES string of the molecule is COc1ccccc1N1CCN(CC(O)COc2c(C)cc(OC(=O)c3ccccc3)c3ccccc23)CC1.Cl. The summed E-state index contributed by atoms with van der Waals surface area (Å²) in [5, 5.41) is 12.4. The third kappa shape index (κ3) is 6.67. The Kier molecular flexibility index (Phi) is 9.88. The predicted octanol–water partition coefficient (Wildman–Crippen LogP) is 5.36. The van der Waals surface area contributed by atoms with Crippen LogP contribution in [0.2, 0.25) is 0 Å². The minimum Gasteiger partial charge on any atom is -0.495 e. The molecule has 5 rings (SSSR count). The topological polar surface area (TPSA) is 71.5 Å². The van der Waals surface area contributed by atoms with Gasteiger partial charge in [-0.1, -0.05) is 54.6 Å². The lowest BCUT2D eigenvalue weighted by atomic mass is 10.0. The molecule has 7 nitrogen and oxygen atoms in total. The molecule has 0 amide bonds. The Hall–Kier alpha value is -3.78. The Morgan fingerprint density at radius 3 is 2.25 bits per heavy atom. The fourth-order valence-electron chi connectivity index (χ4n) is 5.05. The molecular formula is C32H35ClN2O5. The summed E-state index contributed by atoms with van der Waals surface area (Å²) in [6.07, 6.45) is -0.642. The van der Waals surface area contributed by atoms with Crippen LogP contribution < -0.4 is 19.1 Å². The summed E-state index contributed by atoms with van der Waals surface area (Å²) in [4.78, 5) is 17.3. The van der Waals surface area contributed by atoms with Crippen molar-refractivity contribution in [1.29, 1.82) is 0 Å². The largest absolute Gasteiger partial charge is 0.495 e. The standard InChI is InChI=1S/C32H34N2O5.ClH/c1-23-20-30(39-32(36)24-10-4-3-5-11-24)26-12-6-7-13-27(26)31(23)38-22-25(35)21-33-16-18-34(19-17-33)28-14-8-9-15-29(28)37-2;/h3-15,20,25,35H,16-19,21-22H2,1-2H3;1H. The van der Waals surface area contributed by atoms with E-state index in [0.29, 0.717) is 23.6 Å². The molecule has 210 valence electrons. The number of halogens is 1. The minimum absolute atomic E-state index is 0. The van der Waals surface area contributed by atoms with Gasteiger partial charge in [0.1, 0.15) is 30.0 Å². The highest BCUT2D eigenvalue weighted by Gasteiger charge is 2.22. The molecule has 0 saturated carbocycles. The second-order valence-corrected chi connectivity index (χ2v) is 9.75. The quantitative estimate of drug-likeness (QED) is 0.217. The van der Waals surface area contributed by atoms with Crippen LogP contribution in [0.5, 0.6) is 17.2 Å². The first kappa shape index (κ1) is 29.2. The zero-order valence-electron chi connectivity index (χ0n) is 22.8. The Balaban J connectivity index is 0.00000370. The van der Waals surface area contributed by atoms with Gasteiger partial charge in [-0.15, -0.1) is 12.4 Å². The summed E-state index contributed by atoms with van der Waals surface area (Å²) < 4.78 is 17.5. The average molecular weight is 563 g/mol. The Morgan fingerprint density at radius 2 is 1.52 bits per heavy atom. The number of rotatable bonds is 9. The van der Waals surface area contributed by atoms with Crippen molar-refractivity contribution >= 4 is 34.8 Å². The molecule has 4 aromatic carbocycles. The summed E-state index contributed by atoms with van der Waals surface area (Å²) in [7, 11) is 1.70. The van der Waals surface area contributed by atoms with Crippen molar-refractivity contribution in [3.05, 3.63) is 96.1 Å². The van der Waals surface area contributed by atoms with Crippen molar-refractivity contribution in [2.45, 2.75) is 13.0 Å². The van der Waals surface area contributed by atoms with Crippen molar-refractivity contribution in [1.82, 2.24) is 4.90 Å². The number of esters is 1. The van der Waals surface area contributed by atoms with Gasteiger partial charge in [0.05, 0.1) is 18.4 Å². The number of fused-ring (bicyclic) bond motifs is 1. The molecule has 1 heterocycles. The van der Waals surface area contributed by atoms with Gasteiger partial charge in [-0.05, 0) is 42.8 Å². The van der Waals surface area contributed by atoms with E-state index in [1.807, 2.05) is 73.7 Å². The van der Waals surface area contributed by atoms with Crippen LogP contribution in [-0.2, 0) is 0 Å². The highest BCUT2D eigenvalue weighted by Crippen LogP contribution is 2.37. The molecule has 1 aliphatic heterocycles. The van der Waals surface area contributed by atoms with Crippen LogP contribution in [0.1, 0.15) is 15.9 Å². The van der Waals surface area contributed by atoms with Crippen LogP contribution in [0, 0.1) is 6.92 Å². The number of benzene rings is 4. The molecule has 4 aromatic rings. The molecule has 1 unspecified atom stereocenters. The van der Waals surface area contributed by atoms with E-state index in [4.69, 9.17) is 14.2 Å². The van der Waals surface area contributed by atoms with Gasteiger partial charge in [0, 0.05) is 43.5 Å². The Labute approximate surface area is 241 Å². The van der Waals surface area contributed by atoms with Gasteiger partial charge < -0.3 is 24.2 Å². The second-order valence-electron chi connectivity index (χ2n) is 9.75. The molecule has 0 spiro atoms. The molecule has 1 aliphatic rings. The summed E-state index contributed by atoms with van der Waals surface area (Å²) >= 11 is 0. The number of aliphatic hydroxyl groups excluding tert-OH is 1. The molecule has 0 aliphatic carbocycles. The van der Waals surface area contributed by atoms with E-state index in [2.05, 4.69) is 15.9 Å². The number of hydrogen-bond acceptors (Lipinski definition) is 7. The number of β-amino-alcohol motifs (C(OH)–C–C–N with tert-alkyl or cyclic N) is 1. The number of ether oxygens (including phenoxy) is 3. The van der Waals surface area contributed by atoms with Crippen molar-refractivity contribution in [3.63, 3.8) is 0 Å². The monoisotopic (exact) mass is 562 g/mol. The van der Waals surface area contributed by atoms with Crippen molar-refractivity contribution in [2.75, 3.05) is 51.3 Å². The van der Waals surface area contributed by atoms with Crippen LogP contribution >= 0.6 is 12.4 Å². The highest BCUT2D eigenvalue weighted by molar-refractivity contribution is 5.98. The third-order valence-corrected chi connectivity index (χ3v) is 7.04. The van der Waals surface area contributed by atoms with Crippen molar-refractivity contribution in [3.8, 4) is 17.2 Å². The van der Waals surface area contributed by atoms with Gasteiger partial charge in [0.2, 0.25) is 0 Å². The van der Waals surface area contributed by atoms with Crippen molar-refractivity contribution in [2.24, 2.45) is 0 Å². The van der Waals surface area contributed by atoms with Gasteiger partial charge in [0.25, 0.3) is 0 Å². The number of nitrogens with zero attached hydrogens (tertiary/aromatic N) is 2. The van der Waals surface area contributed by atoms with E-state index in [1.165, 1.54) is 0 Å². The van der Waals surface area contributed by atoms with E-state index in [1.54, 1.807) is 19.2 Å². The van der Waals surface area contributed by atoms with Crippen LogP contribution in [-0.4, -0.2) is 68.5 Å². The van der Waals surface area contributed by atoms with Crippen molar-refractivity contribution < 1.29 is 24.1 Å². The first-order valence-electron chi connectivity index (χ1n) is 13.2. The first-order valence-corrected chi connectivity index (χ1v) is 13.2. The maximum atomic E-state index is 12.7. The summed E-state index contributed by atoms with van der Waals surface area (Å²) in [5.74, 6) is 1.64. The molecule has 40 heavy (non-hydrogen) atoms. The number of carbonyl (C=O) groups is 1. The summed E-state index contributed by atoms with van der Waals surface area (Å²) in [6.45, 7) is 6.04. The van der Waals surface area contributed by atoms with E-state index in [9.17, 15) is 9.90 Å². The molecule has 0 radical (unpaired) electrons. The van der Waals surface area contributed by atoms with E-state index in [-0.39, 0.29) is 19.0 Å². The normalized spacial score (nSPS) is 14.3. The van der Waals surface area contributed by atoms with Crippen LogP contribution in [0.25, 0.3) is 10.8 Å². The van der Waals surface area contributed by atoms with Gasteiger partial charge in [-0.3, -0.25) is 4.90 Å². The minimum atomic E-state index is -0.642. The van der Waals surface area contributed by atoms with Crippen LogP contribution in [0.15, 0.2) is 84.9 Å². The molecule has 0 bridgehead atoms. The maximum Gasteiger partial charge on any atom is 0.343 e. The van der Waals surface area contributed by atoms with E-state index < -0.39 is 12.1 Å². The number of aryl methyl sites for hydroxylation is 1. The molecule has 0 aromatic heterocycles. The molecule has 1 atom stereocenters. The number of piperazine rings is 1. The highest BCUT2D eigenvalue weighted by atomic mass is 35.5. The number of para-hydroxylation sites is 2. The number of anilines is 1. The Morgan fingerprint density at radius 1 is 0.875 bits per heavy atom. The summed E-state index contributed by atoms with van der Waals surface area (Å²) in [5.41, 5.74) is 2.43. The number of methoxy groups -OCH3 is 1. The fourth-order valence-corrected chi connectivity index (χ4v) is 5.05. The maximum absolute atomic E-state index is 12.7. The molecular weight excluding hydrogens is 528 g/mol.